The van der Waals surface area contributed by atoms with E-state index in [1.807, 2.05) is 18.2 Å². The van der Waals surface area contributed by atoms with Crippen molar-refractivity contribution in [3.63, 3.8) is 0 Å². The second kappa shape index (κ2) is 6.23. The molecule has 0 heterocycles. The summed E-state index contributed by atoms with van der Waals surface area (Å²) in [6.07, 6.45) is 6.64. The maximum absolute atomic E-state index is 11.6. The molecule has 0 saturated heterocycles. The van der Waals surface area contributed by atoms with Crippen molar-refractivity contribution in [3.05, 3.63) is 35.9 Å². The van der Waals surface area contributed by atoms with E-state index in [2.05, 4.69) is 19.1 Å². The van der Waals surface area contributed by atoms with Crippen molar-refractivity contribution in [1.82, 2.24) is 0 Å². The molecule has 0 unspecified atom stereocenters. The third-order valence-corrected chi connectivity index (χ3v) is 4.65. The lowest BCUT2D eigenvalue weighted by Crippen LogP contribution is -2.35. The molecule has 0 radical (unpaired) electrons. The summed E-state index contributed by atoms with van der Waals surface area (Å²) in [5.74, 6) is 0.120. The highest BCUT2D eigenvalue weighted by Crippen LogP contribution is 2.42. The Morgan fingerprint density at radius 3 is 2.47 bits per heavy atom. The first kappa shape index (κ1) is 14.1. The number of hydrogen-bond donors (Lipinski definition) is 1. The molecule has 0 bridgehead atoms. The predicted octanol–water partition coefficient (Wildman–Crippen LogP) is 4.29. The summed E-state index contributed by atoms with van der Waals surface area (Å²) in [6, 6.07) is 10.4. The highest BCUT2D eigenvalue weighted by atomic mass is 16.4. The molecule has 1 aliphatic carbocycles. The predicted molar refractivity (Wildman–Crippen MR) is 77.1 cm³/mol. The Labute approximate surface area is 115 Å². The van der Waals surface area contributed by atoms with Crippen LogP contribution in [0.3, 0.4) is 0 Å². The molecule has 0 atom stereocenters. The molecule has 0 spiro atoms. The lowest BCUT2D eigenvalue weighted by Gasteiger charge is -2.35. The summed E-state index contributed by atoms with van der Waals surface area (Å²) in [5.41, 5.74) is 0.869. The van der Waals surface area contributed by atoms with Crippen LogP contribution in [0, 0.1) is 11.3 Å². The lowest BCUT2D eigenvalue weighted by atomic mass is 9.68. The van der Waals surface area contributed by atoms with E-state index >= 15 is 0 Å². The van der Waals surface area contributed by atoms with Crippen LogP contribution in [-0.2, 0) is 11.2 Å². The van der Waals surface area contributed by atoms with Gasteiger partial charge < -0.3 is 5.11 Å². The van der Waals surface area contributed by atoms with Crippen LogP contribution in [0.2, 0.25) is 0 Å². The summed E-state index contributed by atoms with van der Waals surface area (Å²) in [5, 5.41) is 9.57. The molecule has 1 aliphatic rings. The van der Waals surface area contributed by atoms with Gasteiger partial charge in [0.25, 0.3) is 0 Å². The maximum Gasteiger partial charge on any atom is 0.309 e. The first-order chi connectivity index (χ1) is 9.12. The number of aryl methyl sites for hydroxylation is 1. The van der Waals surface area contributed by atoms with Crippen LogP contribution in [0.25, 0.3) is 0 Å². The molecule has 104 valence electrons. The van der Waals surface area contributed by atoms with Crippen LogP contribution in [0.4, 0.5) is 0 Å². The standard InChI is InChI=1S/C17H24O2/c1-14-9-12-17(13-10-14,16(18)19)11-5-8-15-6-3-2-4-7-15/h2-4,6-7,14H,5,8-13H2,1H3,(H,18,19). The van der Waals surface area contributed by atoms with Gasteiger partial charge in [-0.05, 0) is 56.4 Å². The molecule has 1 aromatic carbocycles. The molecule has 0 aliphatic heterocycles. The van der Waals surface area contributed by atoms with Crippen molar-refractivity contribution >= 4 is 5.97 Å². The summed E-state index contributed by atoms with van der Waals surface area (Å²) in [6.45, 7) is 2.23. The third-order valence-electron chi connectivity index (χ3n) is 4.65. The first-order valence-corrected chi connectivity index (χ1v) is 7.40. The van der Waals surface area contributed by atoms with E-state index in [1.165, 1.54) is 5.56 Å². The second-order valence-electron chi connectivity index (χ2n) is 6.11. The normalized spacial score (nSPS) is 27.1. The zero-order valence-corrected chi connectivity index (χ0v) is 11.8. The molecular formula is C17H24O2. The van der Waals surface area contributed by atoms with E-state index < -0.39 is 11.4 Å². The van der Waals surface area contributed by atoms with Gasteiger partial charge in [-0.2, -0.15) is 0 Å². The molecule has 2 rings (SSSR count). The fourth-order valence-corrected chi connectivity index (χ4v) is 3.16. The van der Waals surface area contributed by atoms with Crippen LogP contribution in [-0.4, -0.2) is 11.1 Å². The molecule has 0 amide bonds. The minimum atomic E-state index is -0.576. The number of hydrogen-bond acceptors (Lipinski definition) is 1. The van der Waals surface area contributed by atoms with Gasteiger partial charge in [-0.1, -0.05) is 37.3 Å². The molecule has 1 saturated carbocycles. The number of benzene rings is 1. The van der Waals surface area contributed by atoms with E-state index in [0.717, 1.165) is 44.9 Å². The van der Waals surface area contributed by atoms with E-state index in [0.29, 0.717) is 5.92 Å². The molecular weight excluding hydrogens is 236 g/mol. The first-order valence-electron chi connectivity index (χ1n) is 7.40. The van der Waals surface area contributed by atoms with E-state index in [9.17, 15) is 9.90 Å². The molecule has 0 aromatic heterocycles. The maximum atomic E-state index is 11.6. The van der Waals surface area contributed by atoms with Gasteiger partial charge in [0, 0.05) is 0 Å². The van der Waals surface area contributed by atoms with Crippen LogP contribution in [0.1, 0.15) is 51.0 Å². The smallest absolute Gasteiger partial charge is 0.309 e. The Kier molecular flexibility index (Phi) is 4.62. The van der Waals surface area contributed by atoms with E-state index in [4.69, 9.17) is 0 Å². The van der Waals surface area contributed by atoms with Gasteiger partial charge in [0.15, 0.2) is 0 Å². The number of carbonyl (C=O) groups is 1. The van der Waals surface area contributed by atoms with Gasteiger partial charge in [0.2, 0.25) is 0 Å². The number of carboxylic acids is 1. The SMILES string of the molecule is CC1CCC(CCCc2ccccc2)(C(=O)O)CC1. The Morgan fingerprint density at radius 1 is 1.26 bits per heavy atom. The minimum absolute atomic E-state index is 0.443. The van der Waals surface area contributed by atoms with Crippen LogP contribution in [0.5, 0.6) is 0 Å². The monoisotopic (exact) mass is 260 g/mol. The van der Waals surface area contributed by atoms with E-state index in [-0.39, 0.29) is 0 Å². The van der Waals surface area contributed by atoms with Gasteiger partial charge in [0.1, 0.15) is 0 Å². The fourth-order valence-electron chi connectivity index (χ4n) is 3.16. The molecule has 1 fully saturated rings. The van der Waals surface area contributed by atoms with Gasteiger partial charge in [-0.3, -0.25) is 4.79 Å². The van der Waals surface area contributed by atoms with Gasteiger partial charge in [0.05, 0.1) is 5.41 Å². The zero-order valence-electron chi connectivity index (χ0n) is 11.8. The number of aliphatic carboxylic acids is 1. The van der Waals surface area contributed by atoms with Crippen molar-refractivity contribution in [3.8, 4) is 0 Å². The number of carboxylic acid groups (broad SMARTS) is 1. The molecule has 1 aromatic rings. The minimum Gasteiger partial charge on any atom is -0.481 e. The summed E-state index contributed by atoms with van der Waals surface area (Å²) in [4.78, 5) is 11.6. The average Bonchev–Trinajstić information content (AvgIpc) is 2.42. The molecule has 1 N–H and O–H groups in total. The fraction of sp³-hybridized carbons (Fsp3) is 0.588. The largest absolute Gasteiger partial charge is 0.481 e. The van der Waals surface area contributed by atoms with Gasteiger partial charge >= 0.3 is 5.97 Å². The molecule has 19 heavy (non-hydrogen) atoms. The number of rotatable bonds is 5. The molecule has 2 nitrogen and oxygen atoms in total. The lowest BCUT2D eigenvalue weighted by molar-refractivity contribution is -0.152. The van der Waals surface area contributed by atoms with Gasteiger partial charge in [-0.25, -0.2) is 0 Å². The quantitative estimate of drug-likeness (QED) is 0.857. The summed E-state index contributed by atoms with van der Waals surface area (Å²) in [7, 11) is 0. The average molecular weight is 260 g/mol. The zero-order chi connectivity index (χ0) is 13.7. The Morgan fingerprint density at radius 2 is 1.89 bits per heavy atom. The second-order valence-corrected chi connectivity index (χ2v) is 6.11. The Hall–Kier alpha value is -1.31. The van der Waals surface area contributed by atoms with E-state index in [1.54, 1.807) is 0 Å². The summed E-state index contributed by atoms with van der Waals surface area (Å²) >= 11 is 0. The Balaban J connectivity index is 1.89. The summed E-state index contributed by atoms with van der Waals surface area (Å²) < 4.78 is 0. The van der Waals surface area contributed by atoms with Crippen molar-refractivity contribution in [2.45, 2.75) is 51.9 Å². The topological polar surface area (TPSA) is 37.3 Å². The molecule has 2 heteroatoms. The van der Waals surface area contributed by atoms with Crippen molar-refractivity contribution < 1.29 is 9.90 Å². The van der Waals surface area contributed by atoms with Crippen molar-refractivity contribution in [1.29, 1.82) is 0 Å². The highest BCUT2D eigenvalue weighted by molar-refractivity contribution is 5.74. The van der Waals surface area contributed by atoms with Gasteiger partial charge in [-0.15, -0.1) is 0 Å². The highest BCUT2D eigenvalue weighted by Gasteiger charge is 2.40. The van der Waals surface area contributed by atoms with Crippen LogP contribution < -0.4 is 0 Å². The Bertz CT molecular complexity index is 403. The van der Waals surface area contributed by atoms with Crippen molar-refractivity contribution in [2.75, 3.05) is 0 Å². The van der Waals surface area contributed by atoms with Crippen LogP contribution >= 0.6 is 0 Å². The third kappa shape index (κ3) is 3.59. The van der Waals surface area contributed by atoms with Crippen LogP contribution in [0.15, 0.2) is 30.3 Å². The van der Waals surface area contributed by atoms with Crippen molar-refractivity contribution in [2.24, 2.45) is 11.3 Å².